The van der Waals surface area contributed by atoms with Crippen LogP contribution in [0.4, 0.5) is 0 Å². The van der Waals surface area contributed by atoms with E-state index in [0.717, 1.165) is 0 Å². The Hall–Kier alpha value is -2.35. The van der Waals surface area contributed by atoms with Crippen molar-refractivity contribution in [1.29, 1.82) is 0 Å². The summed E-state index contributed by atoms with van der Waals surface area (Å²) in [6, 6.07) is 5.05. The lowest BCUT2D eigenvalue weighted by Gasteiger charge is -2.06. The molecule has 21 heavy (non-hydrogen) atoms. The zero-order valence-electron chi connectivity index (χ0n) is 11.2. The predicted molar refractivity (Wildman–Crippen MR) is 80.0 cm³/mol. The summed E-state index contributed by atoms with van der Waals surface area (Å²) in [4.78, 5) is 21.7. The van der Waals surface area contributed by atoms with Gasteiger partial charge in [0.15, 0.2) is 5.17 Å². The molecule has 0 bridgehead atoms. The van der Waals surface area contributed by atoms with E-state index in [2.05, 4.69) is 15.5 Å². The summed E-state index contributed by atoms with van der Waals surface area (Å²) in [7, 11) is 1.50. The Kier molecular flexibility index (Phi) is 4.94. The zero-order valence-corrected chi connectivity index (χ0v) is 12.0. The van der Waals surface area contributed by atoms with Crippen molar-refractivity contribution in [2.24, 2.45) is 10.2 Å². The van der Waals surface area contributed by atoms with Crippen LogP contribution in [0.15, 0.2) is 28.4 Å². The lowest BCUT2D eigenvalue weighted by atomic mass is 10.1. The number of thioether (sulfide) groups is 1. The van der Waals surface area contributed by atoms with E-state index in [9.17, 15) is 9.59 Å². The predicted octanol–water partition coefficient (Wildman–Crippen LogP) is 0.875. The normalized spacial score (nSPS) is 16.4. The smallest absolute Gasteiger partial charge is 0.307 e. The number of benzene rings is 1. The first-order valence-corrected chi connectivity index (χ1v) is 6.99. The van der Waals surface area contributed by atoms with Crippen molar-refractivity contribution < 1.29 is 19.4 Å². The monoisotopic (exact) mass is 307 g/mol. The first-order valence-electron chi connectivity index (χ1n) is 6.01. The van der Waals surface area contributed by atoms with Crippen LogP contribution in [0.3, 0.4) is 0 Å². The van der Waals surface area contributed by atoms with Crippen molar-refractivity contribution in [2.45, 2.75) is 6.42 Å². The molecule has 1 fully saturated rings. The Bertz CT molecular complexity index is 628. The molecule has 2 N–H and O–H groups in total. The Morgan fingerprint density at radius 1 is 1.57 bits per heavy atom. The van der Waals surface area contributed by atoms with Gasteiger partial charge in [-0.25, -0.2) is 0 Å². The number of carbonyl (C=O) groups excluding carboxylic acids is 1. The summed E-state index contributed by atoms with van der Waals surface area (Å²) < 4.78 is 5.20. The van der Waals surface area contributed by atoms with Gasteiger partial charge in [0.1, 0.15) is 5.75 Å². The maximum atomic E-state index is 11.0. The number of amides is 1. The summed E-state index contributed by atoms with van der Waals surface area (Å²) in [5.41, 5.74) is 1.31. The van der Waals surface area contributed by atoms with Crippen LogP contribution in [0.5, 0.6) is 5.75 Å². The minimum Gasteiger partial charge on any atom is -0.496 e. The van der Waals surface area contributed by atoms with Crippen molar-refractivity contribution in [2.75, 3.05) is 12.9 Å². The molecule has 0 unspecified atom stereocenters. The van der Waals surface area contributed by atoms with E-state index in [0.29, 0.717) is 27.8 Å². The third-order valence-electron chi connectivity index (χ3n) is 2.58. The van der Waals surface area contributed by atoms with Crippen LogP contribution in [-0.2, 0) is 16.0 Å². The number of rotatable bonds is 5. The molecule has 0 radical (unpaired) electrons. The maximum Gasteiger partial charge on any atom is 0.307 e. The van der Waals surface area contributed by atoms with Crippen molar-refractivity contribution in [3.63, 3.8) is 0 Å². The number of amidine groups is 1. The Morgan fingerprint density at radius 3 is 3.00 bits per heavy atom. The van der Waals surface area contributed by atoms with Crippen molar-refractivity contribution >= 4 is 35.0 Å². The Labute approximate surface area is 125 Å². The zero-order chi connectivity index (χ0) is 15.2. The molecule has 1 aliphatic rings. The van der Waals surface area contributed by atoms with E-state index in [1.54, 1.807) is 18.2 Å². The molecule has 0 spiro atoms. The van der Waals surface area contributed by atoms with Gasteiger partial charge in [0, 0.05) is 5.56 Å². The number of hydrogen-bond donors (Lipinski definition) is 2. The first-order chi connectivity index (χ1) is 10.1. The fourth-order valence-electron chi connectivity index (χ4n) is 1.67. The highest BCUT2D eigenvalue weighted by Crippen LogP contribution is 2.19. The van der Waals surface area contributed by atoms with E-state index in [-0.39, 0.29) is 12.3 Å². The third-order valence-corrected chi connectivity index (χ3v) is 3.45. The summed E-state index contributed by atoms with van der Waals surface area (Å²) >= 11 is 1.28. The average Bonchev–Trinajstić information content (AvgIpc) is 2.85. The van der Waals surface area contributed by atoms with Crippen LogP contribution in [0.2, 0.25) is 0 Å². The molecular formula is C13H13N3O4S. The maximum absolute atomic E-state index is 11.0. The second-order valence-corrected chi connectivity index (χ2v) is 5.10. The van der Waals surface area contributed by atoms with Crippen LogP contribution in [0, 0.1) is 0 Å². The average molecular weight is 307 g/mol. The number of carboxylic acid groups (broad SMARTS) is 1. The lowest BCUT2D eigenvalue weighted by molar-refractivity contribution is -0.136. The molecule has 0 saturated carbocycles. The first kappa shape index (κ1) is 15.0. The highest BCUT2D eigenvalue weighted by atomic mass is 32.2. The van der Waals surface area contributed by atoms with Gasteiger partial charge in [-0.15, -0.1) is 5.10 Å². The number of ether oxygens (including phenoxy) is 1. The molecule has 1 saturated heterocycles. The SMILES string of the molecule is COc1cc(CC(=O)O)ccc1C=NN=C1NC(=O)CS1. The second kappa shape index (κ2) is 6.89. The number of nitrogens with one attached hydrogen (secondary N) is 1. The number of aliphatic carboxylic acids is 1. The van der Waals surface area contributed by atoms with Crippen molar-refractivity contribution in [3.05, 3.63) is 29.3 Å². The van der Waals surface area contributed by atoms with Crippen LogP contribution in [0.1, 0.15) is 11.1 Å². The molecule has 0 aromatic heterocycles. The molecule has 0 atom stereocenters. The molecule has 1 aromatic rings. The van der Waals surface area contributed by atoms with Gasteiger partial charge in [0.25, 0.3) is 0 Å². The van der Waals surface area contributed by atoms with Crippen molar-refractivity contribution in [3.8, 4) is 5.75 Å². The highest BCUT2D eigenvalue weighted by Gasteiger charge is 2.16. The molecule has 1 heterocycles. The summed E-state index contributed by atoms with van der Waals surface area (Å²) in [5, 5.41) is 19.6. The third kappa shape index (κ3) is 4.32. The van der Waals surface area contributed by atoms with Crippen molar-refractivity contribution in [1.82, 2.24) is 5.32 Å². The number of carboxylic acids is 1. The van der Waals surface area contributed by atoms with E-state index < -0.39 is 5.97 Å². The van der Waals surface area contributed by atoms with Crippen LogP contribution >= 0.6 is 11.8 Å². The number of hydrogen-bond acceptors (Lipinski definition) is 6. The van der Waals surface area contributed by atoms with Crippen LogP contribution in [0.25, 0.3) is 0 Å². The molecule has 1 aromatic carbocycles. The van der Waals surface area contributed by atoms with Gasteiger partial charge in [0.05, 0.1) is 25.5 Å². The molecule has 1 aliphatic heterocycles. The summed E-state index contributed by atoms with van der Waals surface area (Å²) in [6.45, 7) is 0. The van der Waals surface area contributed by atoms with Gasteiger partial charge in [-0.2, -0.15) is 5.10 Å². The lowest BCUT2D eigenvalue weighted by Crippen LogP contribution is -2.19. The van der Waals surface area contributed by atoms with Crippen LogP contribution < -0.4 is 10.1 Å². The van der Waals surface area contributed by atoms with Gasteiger partial charge in [-0.05, 0) is 17.7 Å². The number of methoxy groups -OCH3 is 1. The molecule has 8 heteroatoms. The standard InChI is InChI=1S/C13H13N3O4S/c1-20-10-4-8(5-12(18)19)2-3-9(10)6-14-16-13-15-11(17)7-21-13/h2-4,6H,5,7H2,1H3,(H,18,19)(H,15,16,17). The number of carbonyl (C=O) groups is 2. The van der Waals surface area contributed by atoms with Gasteiger partial charge in [-0.3, -0.25) is 9.59 Å². The molecule has 0 aliphatic carbocycles. The fraction of sp³-hybridized carbons (Fsp3) is 0.231. The number of nitrogens with zero attached hydrogens (tertiary/aromatic N) is 2. The van der Waals surface area contributed by atoms with E-state index >= 15 is 0 Å². The second-order valence-electron chi connectivity index (χ2n) is 4.13. The van der Waals surface area contributed by atoms with E-state index in [1.807, 2.05) is 0 Å². The van der Waals surface area contributed by atoms with E-state index in [4.69, 9.17) is 9.84 Å². The Balaban J connectivity index is 2.12. The van der Waals surface area contributed by atoms with Gasteiger partial charge < -0.3 is 15.2 Å². The molecule has 110 valence electrons. The highest BCUT2D eigenvalue weighted by molar-refractivity contribution is 8.15. The molecule has 2 rings (SSSR count). The Morgan fingerprint density at radius 2 is 2.38 bits per heavy atom. The van der Waals surface area contributed by atoms with Gasteiger partial charge in [-0.1, -0.05) is 17.8 Å². The fourth-order valence-corrected chi connectivity index (χ4v) is 2.30. The molecular weight excluding hydrogens is 294 g/mol. The van der Waals surface area contributed by atoms with E-state index in [1.165, 1.54) is 25.1 Å². The quantitative estimate of drug-likeness (QED) is 0.621. The van der Waals surface area contributed by atoms with Gasteiger partial charge in [0.2, 0.25) is 5.91 Å². The topological polar surface area (TPSA) is 100 Å². The minimum absolute atomic E-state index is 0.0707. The summed E-state index contributed by atoms with van der Waals surface area (Å²) in [6.07, 6.45) is 1.42. The minimum atomic E-state index is -0.904. The summed E-state index contributed by atoms with van der Waals surface area (Å²) in [5.74, 6) is -0.133. The van der Waals surface area contributed by atoms with Gasteiger partial charge >= 0.3 is 5.97 Å². The van der Waals surface area contributed by atoms with Crippen LogP contribution in [-0.4, -0.2) is 41.2 Å². The molecule has 1 amide bonds. The molecule has 7 nitrogen and oxygen atoms in total. The largest absolute Gasteiger partial charge is 0.496 e.